The van der Waals surface area contributed by atoms with Gasteiger partial charge in [-0.15, -0.1) is 11.6 Å². The highest BCUT2D eigenvalue weighted by molar-refractivity contribution is 7.91. The largest absolute Gasteiger partial charge is 0.611 e. The average molecular weight is 705 g/mol. The maximum Gasteiger partial charge on any atom is 0.296 e. The van der Waals surface area contributed by atoms with Gasteiger partial charge in [-0.25, -0.2) is 0 Å². The quantitative estimate of drug-likeness (QED) is 0.0507. The van der Waals surface area contributed by atoms with E-state index >= 15 is 0 Å². The van der Waals surface area contributed by atoms with Gasteiger partial charge in [0.15, 0.2) is 4.90 Å². The molecular weight excluding hydrogens is 672 g/mol. The molecule has 4 aromatic rings. The lowest BCUT2D eigenvalue weighted by Gasteiger charge is -2.08. The summed E-state index contributed by atoms with van der Waals surface area (Å²) in [5, 5.41) is 19.2. The summed E-state index contributed by atoms with van der Waals surface area (Å²) in [7, 11) is 4.88. The van der Waals surface area contributed by atoms with Crippen LogP contribution in [0.4, 0.5) is 17.1 Å². The molecule has 49 heavy (non-hydrogen) atoms. The number of carbonyl (C=O) groups is 5. The molecule has 0 fully saturated rings. The van der Waals surface area contributed by atoms with Crippen molar-refractivity contribution in [3.05, 3.63) is 89.8 Å². The molecule has 0 aliphatic carbocycles. The van der Waals surface area contributed by atoms with Gasteiger partial charge in [0.05, 0.1) is 35.4 Å². The van der Waals surface area contributed by atoms with Gasteiger partial charge < -0.3 is 39.5 Å². The van der Waals surface area contributed by atoms with E-state index in [1.807, 2.05) is 6.07 Å². The van der Waals surface area contributed by atoms with Crippen molar-refractivity contribution < 1.29 is 28.5 Å². The number of aryl methyl sites for hydroxylation is 3. The Balaban J connectivity index is 1.34. The Morgan fingerprint density at radius 2 is 1.31 bits per heavy atom. The predicted octanol–water partition coefficient (Wildman–Crippen LogP) is 3.42. The fourth-order valence-electron chi connectivity index (χ4n) is 4.65. The van der Waals surface area contributed by atoms with E-state index in [1.54, 1.807) is 62.4 Å². The molecule has 0 saturated carbocycles. The van der Waals surface area contributed by atoms with Gasteiger partial charge in [-0.2, -0.15) is 5.26 Å². The third kappa shape index (κ3) is 9.51. The van der Waals surface area contributed by atoms with Crippen LogP contribution in [0.15, 0.2) is 72.0 Å². The topological polar surface area (TPSA) is 195 Å². The zero-order chi connectivity index (χ0) is 35.7. The summed E-state index contributed by atoms with van der Waals surface area (Å²) in [6.07, 6.45) is 7.36. The number of ketones is 1. The number of nitrogens with zero attached hydrogens (tertiary/aromatic N) is 4. The van der Waals surface area contributed by atoms with Crippen LogP contribution in [0.25, 0.3) is 6.08 Å². The molecule has 16 heteroatoms. The average Bonchev–Trinajstić information content (AvgIpc) is 3.75. The second-order valence-corrected chi connectivity index (χ2v) is 12.7. The molecule has 4 N–H and O–H groups in total. The van der Waals surface area contributed by atoms with Crippen molar-refractivity contribution >= 4 is 75.3 Å². The molecular formula is C33H33ClN8O6S. The van der Waals surface area contributed by atoms with E-state index in [9.17, 15) is 28.5 Å². The van der Waals surface area contributed by atoms with E-state index in [-0.39, 0.29) is 41.8 Å². The lowest BCUT2D eigenvalue weighted by atomic mass is 10.2. The molecule has 4 rings (SSSR count). The Labute approximate surface area is 289 Å². The number of aromatic nitrogens is 3. The van der Waals surface area contributed by atoms with Crippen molar-refractivity contribution in [1.82, 2.24) is 19.0 Å². The number of hydrogen-bond acceptors (Lipinski definition) is 7. The third-order valence-electron chi connectivity index (χ3n) is 7.07. The first-order valence-electron chi connectivity index (χ1n) is 14.7. The highest BCUT2D eigenvalue weighted by Gasteiger charge is 2.20. The molecule has 0 aliphatic heterocycles. The van der Waals surface area contributed by atoms with E-state index in [0.29, 0.717) is 33.3 Å². The van der Waals surface area contributed by atoms with E-state index < -0.39 is 34.7 Å². The maximum absolute atomic E-state index is 13.1. The zero-order valence-electron chi connectivity index (χ0n) is 26.8. The molecule has 3 heterocycles. The number of carbonyl (C=O) groups excluding carboxylic acids is 5. The summed E-state index contributed by atoms with van der Waals surface area (Å²) in [4.78, 5) is 64.1. The smallest absolute Gasteiger partial charge is 0.296 e. The molecule has 0 radical (unpaired) electrons. The van der Waals surface area contributed by atoms with Crippen molar-refractivity contribution in [2.24, 2.45) is 21.1 Å². The second-order valence-electron chi connectivity index (χ2n) is 10.7. The summed E-state index contributed by atoms with van der Waals surface area (Å²) in [5.74, 6) is -2.51. The van der Waals surface area contributed by atoms with Crippen LogP contribution >= 0.6 is 11.6 Å². The molecule has 254 valence electrons. The minimum absolute atomic E-state index is 0.171. The van der Waals surface area contributed by atoms with Gasteiger partial charge in [0.2, 0.25) is 5.78 Å². The number of anilines is 3. The van der Waals surface area contributed by atoms with Crippen molar-refractivity contribution in [2.45, 2.75) is 11.3 Å². The Bertz CT molecular complexity index is 1950. The summed E-state index contributed by atoms with van der Waals surface area (Å²) < 4.78 is 16.6. The molecule has 0 bridgehead atoms. The standard InChI is InChI=1S/C33H33ClN8O6S/c1-40-18-22(15-26(40)30(44)36-13-4-12-35)37-31(45)27-16-23(19-41(27)2)38-32(46)28-17-24(20-42(28)3)39-33(47)29(43)10-7-21-5-8-25(9-6-21)49(48)14-11-34/h5-10,15-20H,4,11,13-14H2,1-3H3,(H,36,44)(H,37,45)(H,38,46)(H,39,47)/b10-7+. The molecule has 1 aromatic carbocycles. The number of hydrogen-bond donors (Lipinski definition) is 4. The summed E-state index contributed by atoms with van der Waals surface area (Å²) in [5.41, 5.74) is 2.26. The number of amides is 4. The molecule has 1 atom stereocenters. The van der Waals surface area contributed by atoms with Gasteiger partial charge >= 0.3 is 0 Å². The summed E-state index contributed by atoms with van der Waals surface area (Å²) >= 11 is 4.43. The monoisotopic (exact) mass is 704 g/mol. The van der Waals surface area contributed by atoms with Gasteiger partial charge in [0, 0.05) is 46.3 Å². The van der Waals surface area contributed by atoms with E-state index in [2.05, 4.69) is 21.3 Å². The Morgan fingerprint density at radius 1 is 0.816 bits per heavy atom. The van der Waals surface area contributed by atoms with Crippen LogP contribution in [0.3, 0.4) is 0 Å². The Kier molecular flexibility index (Phi) is 12.2. The van der Waals surface area contributed by atoms with Crippen LogP contribution < -0.4 is 21.3 Å². The fraction of sp³-hybridized carbons (Fsp3) is 0.212. The van der Waals surface area contributed by atoms with Gasteiger partial charge in [0.1, 0.15) is 22.8 Å². The van der Waals surface area contributed by atoms with Crippen LogP contribution in [-0.2, 0) is 41.9 Å². The van der Waals surface area contributed by atoms with E-state index in [4.69, 9.17) is 16.9 Å². The first-order chi connectivity index (χ1) is 23.4. The molecule has 0 spiro atoms. The summed E-state index contributed by atoms with van der Waals surface area (Å²) in [6, 6.07) is 13.0. The van der Waals surface area contributed by atoms with Crippen LogP contribution in [0.1, 0.15) is 43.4 Å². The molecule has 0 aliphatic rings. The van der Waals surface area contributed by atoms with Crippen molar-refractivity contribution in [3.63, 3.8) is 0 Å². The molecule has 14 nitrogen and oxygen atoms in total. The number of nitrogens with one attached hydrogen (secondary N) is 4. The molecule has 0 saturated heterocycles. The molecule has 1 unspecified atom stereocenters. The van der Waals surface area contributed by atoms with Crippen molar-refractivity contribution in [1.29, 1.82) is 5.26 Å². The molecule has 3 aromatic heterocycles. The lowest BCUT2D eigenvalue weighted by Crippen LogP contribution is -2.25. The maximum atomic E-state index is 13.1. The number of nitriles is 1. The Hall–Kier alpha value is -5.56. The normalized spacial score (nSPS) is 11.5. The lowest BCUT2D eigenvalue weighted by molar-refractivity contribution is -0.131. The van der Waals surface area contributed by atoms with Crippen LogP contribution in [0.5, 0.6) is 0 Å². The van der Waals surface area contributed by atoms with E-state index in [0.717, 1.165) is 6.08 Å². The third-order valence-corrected chi connectivity index (χ3v) is 8.85. The highest BCUT2D eigenvalue weighted by Crippen LogP contribution is 2.20. The van der Waals surface area contributed by atoms with Crippen molar-refractivity contribution in [2.75, 3.05) is 34.1 Å². The number of rotatable bonds is 14. The molecule has 4 amide bonds. The minimum atomic E-state index is -1.21. The first kappa shape index (κ1) is 36.3. The first-order valence-corrected chi connectivity index (χ1v) is 16.6. The van der Waals surface area contributed by atoms with Gasteiger partial charge in [-0.3, -0.25) is 24.0 Å². The predicted molar refractivity (Wildman–Crippen MR) is 186 cm³/mol. The zero-order valence-corrected chi connectivity index (χ0v) is 28.4. The number of halogens is 1. The number of benzene rings is 1. The van der Waals surface area contributed by atoms with Crippen molar-refractivity contribution in [3.8, 4) is 6.07 Å². The second kappa shape index (κ2) is 16.5. The minimum Gasteiger partial charge on any atom is -0.611 e. The van der Waals surface area contributed by atoms with Gasteiger partial charge in [-0.1, -0.05) is 6.08 Å². The van der Waals surface area contributed by atoms with Crippen LogP contribution in [-0.4, -0.2) is 65.8 Å². The summed E-state index contributed by atoms with van der Waals surface area (Å²) in [6.45, 7) is 0.204. The fourth-order valence-corrected chi connectivity index (χ4v) is 5.88. The Morgan fingerprint density at radius 3 is 1.80 bits per heavy atom. The van der Waals surface area contributed by atoms with Gasteiger partial charge in [0.25, 0.3) is 23.6 Å². The highest BCUT2D eigenvalue weighted by atomic mass is 35.5. The van der Waals surface area contributed by atoms with E-state index in [1.165, 1.54) is 39.6 Å². The van der Waals surface area contributed by atoms with Crippen LogP contribution in [0.2, 0.25) is 0 Å². The van der Waals surface area contributed by atoms with Crippen LogP contribution in [0, 0.1) is 11.3 Å². The number of alkyl halides is 1. The SMILES string of the molecule is Cn1cc(NC(=O)c2cc(NC(=O)c3cc(NC(=O)C(=O)/C=C/c4ccc([S+]([O-])CCCl)cc4)cn3C)cn2C)cc1C(=O)NCCC#N. The van der Waals surface area contributed by atoms with Gasteiger partial charge in [-0.05, 0) is 65.3 Å².